The van der Waals surface area contributed by atoms with Crippen molar-refractivity contribution in [2.45, 2.75) is 6.92 Å². The molecule has 0 aliphatic carbocycles. The van der Waals surface area contributed by atoms with Crippen LogP contribution >= 0.6 is 0 Å². The molecule has 23 heavy (non-hydrogen) atoms. The van der Waals surface area contributed by atoms with Gasteiger partial charge in [0.05, 0.1) is 5.71 Å². The summed E-state index contributed by atoms with van der Waals surface area (Å²) in [5, 5.41) is 23.0. The molecular weight excluding hydrogens is 300 g/mol. The van der Waals surface area contributed by atoms with Crippen molar-refractivity contribution >= 4 is 11.6 Å². The van der Waals surface area contributed by atoms with Gasteiger partial charge in [0.2, 0.25) is 6.79 Å². The summed E-state index contributed by atoms with van der Waals surface area (Å²) in [6.07, 6.45) is 0. The lowest BCUT2D eigenvalue weighted by Gasteiger charge is -2.06. The topological polar surface area (TPSA) is 100 Å². The first-order valence-electron chi connectivity index (χ1n) is 6.81. The number of rotatable bonds is 3. The molecule has 118 valence electrons. The predicted molar refractivity (Wildman–Crippen MR) is 82.0 cm³/mol. The smallest absolute Gasteiger partial charge is 0.271 e. The maximum absolute atomic E-state index is 12.1. The molecule has 0 aromatic heterocycles. The first-order chi connectivity index (χ1) is 11.0. The minimum Gasteiger partial charge on any atom is -0.508 e. The SMILES string of the molecule is C/C(=N\NC(=O)c1ccc2c(c1)OCO2)c1ccc(O)cc1O. The minimum absolute atomic E-state index is 0.0524. The molecule has 0 spiro atoms. The zero-order chi connectivity index (χ0) is 16.4. The van der Waals surface area contributed by atoms with E-state index in [1.54, 1.807) is 25.1 Å². The Morgan fingerprint density at radius 3 is 2.70 bits per heavy atom. The van der Waals surface area contributed by atoms with Crippen LogP contribution < -0.4 is 14.9 Å². The number of hydrogen-bond acceptors (Lipinski definition) is 6. The number of carbonyl (C=O) groups is 1. The van der Waals surface area contributed by atoms with E-state index in [2.05, 4.69) is 10.5 Å². The lowest BCUT2D eigenvalue weighted by molar-refractivity contribution is 0.0954. The van der Waals surface area contributed by atoms with Gasteiger partial charge in [0.15, 0.2) is 11.5 Å². The Hall–Kier alpha value is -3.22. The lowest BCUT2D eigenvalue weighted by Crippen LogP contribution is -2.19. The summed E-state index contributed by atoms with van der Waals surface area (Å²) in [5.74, 6) is 0.512. The molecule has 1 heterocycles. The van der Waals surface area contributed by atoms with Crippen molar-refractivity contribution in [2.24, 2.45) is 5.10 Å². The molecule has 0 unspecified atom stereocenters. The van der Waals surface area contributed by atoms with Crippen molar-refractivity contribution in [3.05, 3.63) is 47.5 Å². The van der Waals surface area contributed by atoms with Crippen molar-refractivity contribution in [2.75, 3.05) is 6.79 Å². The number of fused-ring (bicyclic) bond motifs is 1. The van der Waals surface area contributed by atoms with E-state index >= 15 is 0 Å². The third-order valence-electron chi connectivity index (χ3n) is 3.33. The third kappa shape index (κ3) is 3.03. The average Bonchev–Trinajstić information content (AvgIpc) is 2.99. The zero-order valence-electron chi connectivity index (χ0n) is 12.2. The Labute approximate surface area is 131 Å². The number of ether oxygens (including phenoxy) is 2. The number of hydrazone groups is 1. The Morgan fingerprint density at radius 1 is 1.13 bits per heavy atom. The number of phenols is 2. The highest BCUT2D eigenvalue weighted by Crippen LogP contribution is 2.32. The molecular formula is C16H14N2O5. The largest absolute Gasteiger partial charge is 0.508 e. The van der Waals surface area contributed by atoms with Crippen LogP contribution in [0.15, 0.2) is 41.5 Å². The summed E-state index contributed by atoms with van der Waals surface area (Å²) in [7, 11) is 0. The number of phenolic OH excluding ortho intramolecular Hbond substituents is 2. The number of benzene rings is 2. The summed E-state index contributed by atoms with van der Waals surface area (Å²) >= 11 is 0. The molecule has 3 rings (SSSR count). The van der Waals surface area contributed by atoms with Gasteiger partial charge in [-0.3, -0.25) is 4.79 Å². The van der Waals surface area contributed by atoms with Crippen LogP contribution in [-0.4, -0.2) is 28.6 Å². The van der Waals surface area contributed by atoms with Crippen molar-refractivity contribution < 1.29 is 24.5 Å². The van der Waals surface area contributed by atoms with Gasteiger partial charge in [0.25, 0.3) is 5.91 Å². The second-order valence-corrected chi connectivity index (χ2v) is 4.91. The Kier molecular flexibility index (Phi) is 3.76. The van der Waals surface area contributed by atoms with Gasteiger partial charge < -0.3 is 19.7 Å². The monoisotopic (exact) mass is 314 g/mol. The summed E-state index contributed by atoms with van der Waals surface area (Å²) in [6, 6.07) is 8.96. The predicted octanol–water partition coefficient (Wildman–Crippen LogP) is 1.98. The number of amides is 1. The molecule has 1 aliphatic rings. The number of aromatic hydroxyl groups is 2. The molecule has 0 radical (unpaired) electrons. The van der Waals surface area contributed by atoms with Crippen LogP contribution in [0, 0.1) is 0 Å². The third-order valence-corrected chi connectivity index (χ3v) is 3.33. The van der Waals surface area contributed by atoms with Crippen LogP contribution in [0.2, 0.25) is 0 Å². The summed E-state index contributed by atoms with van der Waals surface area (Å²) < 4.78 is 10.4. The molecule has 7 heteroatoms. The van der Waals surface area contributed by atoms with Crippen LogP contribution in [-0.2, 0) is 0 Å². The normalized spacial score (nSPS) is 13.0. The van der Waals surface area contributed by atoms with Crippen molar-refractivity contribution in [1.29, 1.82) is 0 Å². The molecule has 1 aliphatic heterocycles. The van der Waals surface area contributed by atoms with E-state index in [1.165, 1.54) is 18.2 Å². The van der Waals surface area contributed by atoms with Gasteiger partial charge >= 0.3 is 0 Å². The zero-order valence-corrected chi connectivity index (χ0v) is 12.2. The van der Waals surface area contributed by atoms with E-state index in [9.17, 15) is 15.0 Å². The summed E-state index contributed by atoms with van der Waals surface area (Å²) in [4.78, 5) is 12.1. The van der Waals surface area contributed by atoms with Crippen LogP contribution in [0.1, 0.15) is 22.8 Å². The van der Waals surface area contributed by atoms with E-state index in [-0.39, 0.29) is 18.3 Å². The van der Waals surface area contributed by atoms with E-state index in [1.807, 2.05) is 0 Å². The fraction of sp³-hybridized carbons (Fsp3) is 0.125. The highest BCUT2D eigenvalue weighted by molar-refractivity contribution is 6.02. The molecule has 1 amide bonds. The summed E-state index contributed by atoms with van der Waals surface area (Å²) in [6.45, 7) is 1.77. The highest BCUT2D eigenvalue weighted by atomic mass is 16.7. The molecule has 2 aromatic carbocycles. The molecule has 0 saturated carbocycles. The van der Waals surface area contributed by atoms with Gasteiger partial charge in [-0.15, -0.1) is 0 Å². The van der Waals surface area contributed by atoms with Crippen molar-refractivity contribution in [3.8, 4) is 23.0 Å². The van der Waals surface area contributed by atoms with Gasteiger partial charge in [-0.05, 0) is 37.3 Å². The molecule has 0 bridgehead atoms. The van der Waals surface area contributed by atoms with Crippen molar-refractivity contribution in [3.63, 3.8) is 0 Å². The lowest BCUT2D eigenvalue weighted by atomic mass is 10.1. The van der Waals surface area contributed by atoms with Gasteiger partial charge in [0, 0.05) is 17.2 Å². The van der Waals surface area contributed by atoms with Crippen LogP contribution in [0.3, 0.4) is 0 Å². The first kappa shape index (κ1) is 14.7. The summed E-state index contributed by atoms with van der Waals surface area (Å²) in [5.41, 5.74) is 3.60. The van der Waals surface area contributed by atoms with Gasteiger partial charge in [-0.2, -0.15) is 5.10 Å². The molecule has 0 atom stereocenters. The standard InChI is InChI=1S/C16H14N2O5/c1-9(12-4-3-11(19)7-13(12)20)17-18-16(21)10-2-5-14-15(6-10)23-8-22-14/h2-7,19-20H,8H2,1H3,(H,18,21)/b17-9+. The maximum Gasteiger partial charge on any atom is 0.271 e. The van der Waals surface area contributed by atoms with E-state index in [0.717, 1.165) is 0 Å². The molecule has 3 N–H and O–H groups in total. The number of carbonyl (C=O) groups excluding carboxylic acids is 1. The molecule has 7 nitrogen and oxygen atoms in total. The van der Waals surface area contributed by atoms with Crippen molar-refractivity contribution in [1.82, 2.24) is 5.43 Å². The number of nitrogens with one attached hydrogen (secondary N) is 1. The highest BCUT2D eigenvalue weighted by Gasteiger charge is 2.16. The molecule has 2 aromatic rings. The van der Waals surface area contributed by atoms with Crippen LogP contribution in [0.5, 0.6) is 23.0 Å². The van der Waals surface area contributed by atoms with Crippen LogP contribution in [0.4, 0.5) is 0 Å². The Balaban J connectivity index is 1.75. The first-order valence-corrected chi connectivity index (χ1v) is 6.81. The van der Waals surface area contributed by atoms with Gasteiger partial charge in [-0.1, -0.05) is 0 Å². The maximum atomic E-state index is 12.1. The van der Waals surface area contributed by atoms with Gasteiger partial charge in [-0.25, -0.2) is 5.43 Å². The van der Waals surface area contributed by atoms with Crippen LogP contribution in [0.25, 0.3) is 0 Å². The number of hydrogen-bond donors (Lipinski definition) is 3. The Bertz CT molecular complexity index is 801. The van der Waals surface area contributed by atoms with E-state index in [0.29, 0.717) is 28.3 Å². The quantitative estimate of drug-likeness (QED) is 0.594. The average molecular weight is 314 g/mol. The second kappa shape index (κ2) is 5.88. The number of nitrogens with zero attached hydrogens (tertiary/aromatic N) is 1. The molecule has 0 saturated heterocycles. The fourth-order valence-electron chi connectivity index (χ4n) is 2.12. The van der Waals surface area contributed by atoms with E-state index in [4.69, 9.17) is 9.47 Å². The minimum atomic E-state index is -0.416. The fourth-order valence-corrected chi connectivity index (χ4v) is 2.12. The Morgan fingerprint density at radius 2 is 1.91 bits per heavy atom. The second-order valence-electron chi connectivity index (χ2n) is 4.91. The van der Waals surface area contributed by atoms with Gasteiger partial charge in [0.1, 0.15) is 11.5 Å². The molecule has 0 fully saturated rings. The van der Waals surface area contributed by atoms with E-state index < -0.39 is 5.91 Å².